The Balaban J connectivity index is 1.68. The van der Waals surface area contributed by atoms with Crippen LogP contribution in [0.2, 0.25) is 0 Å². The zero-order valence-corrected chi connectivity index (χ0v) is 16.2. The third kappa shape index (κ3) is 2.69. The van der Waals surface area contributed by atoms with E-state index in [9.17, 15) is 9.59 Å². The summed E-state index contributed by atoms with van der Waals surface area (Å²) in [4.78, 5) is 32.5. The summed E-state index contributed by atoms with van der Waals surface area (Å²) in [7, 11) is 0. The first-order valence-electron chi connectivity index (χ1n) is 9.81. The van der Waals surface area contributed by atoms with Gasteiger partial charge in [-0.05, 0) is 42.0 Å². The molecule has 0 saturated carbocycles. The Morgan fingerprint density at radius 2 is 1.65 bits per heavy atom. The quantitative estimate of drug-likeness (QED) is 0.426. The minimum absolute atomic E-state index is 0.148. The van der Waals surface area contributed by atoms with Gasteiger partial charge in [-0.25, -0.2) is 9.59 Å². The van der Waals surface area contributed by atoms with Crippen LogP contribution >= 0.6 is 0 Å². The first-order valence-corrected chi connectivity index (χ1v) is 9.81. The molecule has 0 amide bonds. The number of H-pyrrole nitrogens is 1. The van der Waals surface area contributed by atoms with Crippen molar-refractivity contribution < 1.29 is 4.42 Å². The molecule has 0 saturated heterocycles. The molecular weight excluding hydrogens is 390 g/mol. The number of nitrogens with one attached hydrogen (secondary N) is 1. The van der Waals surface area contributed by atoms with Gasteiger partial charge in [0, 0.05) is 22.5 Å². The second-order valence-electron chi connectivity index (χ2n) is 7.34. The highest BCUT2D eigenvalue weighted by molar-refractivity contribution is 6.03. The summed E-state index contributed by atoms with van der Waals surface area (Å²) < 4.78 is 7.00. The van der Waals surface area contributed by atoms with Gasteiger partial charge in [-0.2, -0.15) is 0 Å². The molecule has 0 bridgehead atoms. The number of hydrogen-bond acceptors (Lipinski definition) is 4. The molecule has 6 rings (SSSR count). The average molecular weight is 405 g/mol. The van der Waals surface area contributed by atoms with E-state index in [1.165, 1.54) is 4.57 Å². The molecule has 6 heteroatoms. The first-order chi connectivity index (χ1) is 15.2. The molecule has 6 aromatic rings. The summed E-state index contributed by atoms with van der Waals surface area (Å²) in [5, 5.41) is 1.70. The third-order valence-corrected chi connectivity index (χ3v) is 5.48. The number of benzene rings is 3. The van der Waals surface area contributed by atoms with Gasteiger partial charge in [0.15, 0.2) is 5.52 Å². The lowest BCUT2D eigenvalue weighted by Gasteiger charge is -2.08. The van der Waals surface area contributed by atoms with Gasteiger partial charge in [0.2, 0.25) is 0 Å². The number of fused-ring (bicyclic) bond motifs is 4. The van der Waals surface area contributed by atoms with Gasteiger partial charge in [0.1, 0.15) is 5.58 Å². The Hall–Kier alpha value is -4.45. The molecular formula is C25H15N3O3. The highest BCUT2D eigenvalue weighted by Gasteiger charge is 2.17. The van der Waals surface area contributed by atoms with Gasteiger partial charge in [-0.15, -0.1) is 0 Å². The van der Waals surface area contributed by atoms with Gasteiger partial charge >= 0.3 is 11.3 Å². The van der Waals surface area contributed by atoms with E-state index in [0.29, 0.717) is 22.2 Å². The van der Waals surface area contributed by atoms with Crippen LogP contribution in [0.4, 0.5) is 0 Å². The van der Waals surface area contributed by atoms with Crippen molar-refractivity contribution in [1.82, 2.24) is 14.5 Å². The van der Waals surface area contributed by atoms with Crippen LogP contribution in [0.25, 0.3) is 49.7 Å². The molecule has 3 heterocycles. The van der Waals surface area contributed by atoms with E-state index in [2.05, 4.69) is 16.0 Å². The van der Waals surface area contributed by atoms with E-state index in [4.69, 9.17) is 4.42 Å². The van der Waals surface area contributed by atoms with Crippen molar-refractivity contribution in [3.63, 3.8) is 0 Å². The number of imidazole rings is 1. The average Bonchev–Trinajstić information content (AvgIpc) is 3.17. The van der Waals surface area contributed by atoms with Crippen LogP contribution in [0, 0.1) is 0 Å². The number of pyridine rings is 1. The maximum absolute atomic E-state index is 12.8. The molecule has 1 N–H and O–H groups in total. The Labute approximate surface area is 175 Å². The van der Waals surface area contributed by atoms with E-state index in [1.807, 2.05) is 72.9 Å². The van der Waals surface area contributed by atoms with Crippen LogP contribution in [-0.2, 0) is 0 Å². The molecule has 0 aliphatic heterocycles. The van der Waals surface area contributed by atoms with Crippen molar-refractivity contribution in [1.29, 1.82) is 0 Å². The van der Waals surface area contributed by atoms with Crippen molar-refractivity contribution >= 4 is 32.9 Å². The van der Waals surface area contributed by atoms with Crippen molar-refractivity contribution in [2.24, 2.45) is 0 Å². The van der Waals surface area contributed by atoms with Gasteiger partial charge in [-0.1, -0.05) is 42.5 Å². The lowest BCUT2D eigenvalue weighted by Crippen LogP contribution is -2.14. The van der Waals surface area contributed by atoms with Crippen LogP contribution in [0.5, 0.6) is 0 Å². The fraction of sp³-hybridized carbons (Fsp3) is 0. The zero-order valence-electron chi connectivity index (χ0n) is 16.2. The molecule has 148 valence electrons. The number of aromatic nitrogens is 3. The number of hydrogen-bond donors (Lipinski definition) is 1. The summed E-state index contributed by atoms with van der Waals surface area (Å²) in [6, 6.07) is 24.8. The SMILES string of the molecule is O=c1oc2ccc(-c3cnc4ccccc4c3)cc2c2c1[nH]c(=O)n2-c1ccccc1. The summed E-state index contributed by atoms with van der Waals surface area (Å²) in [5.74, 6) is 0. The smallest absolute Gasteiger partial charge is 0.362 e. The second-order valence-corrected chi connectivity index (χ2v) is 7.34. The van der Waals surface area contributed by atoms with Gasteiger partial charge in [0.05, 0.1) is 16.7 Å². The first kappa shape index (κ1) is 17.4. The van der Waals surface area contributed by atoms with Crippen molar-refractivity contribution in [3.8, 4) is 16.8 Å². The van der Waals surface area contributed by atoms with Gasteiger partial charge in [-0.3, -0.25) is 14.5 Å². The highest BCUT2D eigenvalue weighted by Crippen LogP contribution is 2.29. The maximum Gasteiger partial charge on any atom is 0.362 e. The predicted molar refractivity (Wildman–Crippen MR) is 121 cm³/mol. The van der Waals surface area contributed by atoms with Gasteiger partial charge < -0.3 is 4.42 Å². The van der Waals surface area contributed by atoms with Crippen LogP contribution in [0.3, 0.4) is 0 Å². The molecule has 0 aliphatic rings. The fourth-order valence-electron chi connectivity index (χ4n) is 4.03. The van der Waals surface area contributed by atoms with Crippen molar-refractivity contribution in [3.05, 3.63) is 106 Å². The minimum Gasteiger partial charge on any atom is -0.421 e. The van der Waals surface area contributed by atoms with E-state index in [-0.39, 0.29) is 5.52 Å². The molecule has 0 unspecified atom stereocenters. The van der Waals surface area contributed by atoms with E-state index < -0.39 is 11.3 Å². The topological polar surface area (TPSA) is 80.9 Å². The summed E-state index contributed by atoms with van der Waals surface area (Å²) in [6.45, 7) is 0. The Morgan fingerprint density at radius 1 is 0.839 bits per heavy atom. The molecule has 6 nitrogen and oxygen atoms in total. The van der Waals surface area contributed by atoms with Crippen LogP contribution < -0.4 is 11.3 Å². The highest BCUT2D eigenvalue weighted by atomic mass is 16.4. The lowest BCUT2D eigenvalue weighted by molar-refractivity contribution is 0.568. The fourth-order valence-corrected chi connectivity index (χ4v) is 4.03. The van der Waals surface area contributed by atoms with E-state index in [1.54, 1.807) is 6.07 Å². The largest absolute Gasteiger partial charge is 0.421 e. The van der Waals surface area contributed by atoms with Crippen LogP contribution in [0.1, 0.15) is 0 Å². The standard InChI is InChI=1S/C25H15N3O3/c29-24-22-23(28(25(30)27-22)18-7-2-1-3-8-18)19-13-15(10-11-21(19)31-24)17-12-16-6-4-5-9-20(16)26-14-17/h1-14H,(H,27,30). The Bertz CT molecular complexity index is 1730. The molecule has 0 fully saturated rings. The zero-order chi connectivity index (χ0) is 20.9. The second kappa shape index (κ2) is 6.53. The molecule has 0 spiro atoms. The monoisotopic (exact) mass is 405 g/mol. The van der Waals surface area contributed by atoms with E-state index in [0.717, 1.165) is 22.0 Å². The molecule has 31 heavy (non-hydrogen) atoms. The molecule has 3 aromatic carbocycles. The third-order valence-electron chi connectivity index (χ3n) is 5.48. The number of rotatable bonds is 2. The van der Waals surface area contributed by atoms with Gasteiger partial charge in [0.25, 0.3) is 0 Å². The molecule has 0 atom stereocenters. The summed E-state index contributed by atoms with van der Waals surface area (Å²) in [5.41, 5.74) is 3.53. The number of aromatic amines is 1. The van der Waals surface area contributed by atoms with Crippen molar-refractivity contribution in [2.75, 3.05) is 0 Å². The normalized spacial score (nSPS) is 11.5. The number of para-hydroxylation sites is 2. The summed E-state index contributed by atoms with van der Waals surface area (Å²) in [6.07, 6.45) is 1.82. The van der Waals surface area contributed by atoms with Crippen LogP contribution in [0.15, 0.2) is 99.1 Å². The molecule has 0 radical (unpaired) electrons. The predicted octanol–water partition coefficient (Wildman–Crippen LogP) is 4.64. The maximum atomic E-state index is 12.8. The minimum atomic E-state index is -0.575. The summed E-state index contributed by atoms with van der Waals surface area (Å²) >= 11 is 0. The van der Waals surface area contributed by atoms with Crippen LogP contribution in [-0.4, -0.2) is 14.5 Å². The lowest BCUT2D eigenvalue weighted by atomic mass is 10.0. The molecule has 3 aromatic heterocycles. The van der Waals surface area contributed by atoms with Crippen molar-refractivity contribution in [2.45, 2.75) is 0 Å². The van der Waals surface area contributed by atoms with E-state index >= 15 is 0 Å². The molecule has 0 aliphatic carbocycles. The Morgan fingerprint density at radius 3 is 2.52 bits per heavy atom. The number of nitrogens with zero attached hydrogens (tertiary/aromatic N) is 2. The Kier molecular flexibility index (Phi) is 3.67.